The van der Waals surface area contributed by atoms with Crippen LogP contribution in [0.1, 0.15) is 12.5 Å². The molecule has 0 aromatic heterocycles. The summed E-state index contributed by atoms with van der Waals surface area (Å²) < 4.78 is 10.8. The molecule has 2 aromatic rings. The first-order valence-corrected chi connectivity index (χ1v) is 7.51. The van der Waals surface area contributed by atoms with Crippen LogP contribution in [-0.4, -0.2) is 29.5 Å². The Hall–Kier alpha value is -2.82. The molecular weight excluding hydrogens is 294 g/mol. The molecule has 1 aliphatic heterocycles. The minimum atomic E-state index is -0.733. The quantitative estimate of drug-likeness (QED) is 0.849. The zero-order valence-electron chi connectivity index (χ0n) is 12.8. The fraction of sp³-hybridized carbons (Fsp3) is 0.222. The highest BCUT2D eigenvalue weighted by atomic mass is 16.6. The molecule has 0 N–H and O–H groups in total. The maximum absolute atomic E-state index is 12.0. The molecule has 2 aromatic carbocycles. The summed E-state index contributed by atoms with van der Waals surface area (Å²) in [6, 6.07) is 16.9. The molecule has 2 amide bonds. The third kappa shape index (κ3) is 3.34. The molecule has 1 atom stereocenters. The maximum atomic E-state index is 12.0. The van der Waals surface area contributed by atoms with Crippen LogP contribution in [0.4, 0.5) is 4.79 Å². The highest BCUT2D eigenvalue weighted by molar-refractivity contribution is 6.00. The number of carbonyl (C=O) groups excluding carboxylic acids is 2. The number of benzene rings is 2. The third-order valence-electron chi connectivity index (χ3n) is 3.64. The average molecular weight is 311 g/mol. The summed E-state index contributed by atoms with van der Waals surface area (Å²) in [7, 11) is 0. The number of imide groups is 1. The number of para-hydroxylation sites is 1. The fourth-order valence-corrected chi connectivity index (χ4v) is 2.45. The Morgan fingerprint density at radius 2 is 1.65 bits per heavy atom. The minimum Gasteiger partial charge on any atom is -0.457 e. The summed E-state index contributed by atoms with van der Waals surface area (Å²) >= 11 is 0. The Morgan fingerprint density at radius 1 is 1.00 bits per heavy atom. The van der Waals surface area contributed by atoms with Gasteiger partial charge >= 0.3 is 6.09 Å². The number of amides is 2. The summed E-state index contributed by atoms with van der Waals surface area (Å²) in [6.45, 7) is 2.08. The SMILES string of the molecule is CCN1C(=O)OC(Cc2ccc(Oc3ccccc3)cc2)C1=O. The van der Waals surface area contributed by atoms with Crippen LogP contribution in [0.2, 0.25) is 0 Å². The molecule has 5 heteroatoms. The van der Waals surface area contributed by atoms with Gasteiger partial charge in [0.2, 0.25) is 0 Å². The van der Waals surface area contributed by atoms with Crippen molar-refractivity contribution in [2.45, 2.75) is 19.4 Å². The molecule has 1 unspecified atom stereocenters. The Labute approximate surface area is 134 Å². The van der Waals surface area contributed by atoms with E-state index in [4.69, 9.17) is 9.47 Å². The average Bonchev–Trinajstić information content (AvgIpc) is 2.83. The van der Waals surface area contributed by atoms with Crippen LogP contribution in [0.25, 0.3) is 0 Å². The molecule has 0 saturated carbocycles. The van der Waals surface area contributed by atoms with Crippen LogP contribution in [0, 0.1) is 0 Å². The third-order valence-corrected chi connectivity index (χ3v) is 3.64. The van der Waals surface area contributed by atoms with E-state index in [-0.39, 0.29) is 5.91 Å². The van der Waals surface area contributed by atoms with E-state index in [1.807, 2.05) is 54.6 Å². The molecule has 0 spiro atoms. The predicted molar refractivity (Wildman–Crippen MR) is 84.3 cm³/mol. The van der Waals surface area contributed by atoms with Crippen molar-refractivity contribution in [3.8, 4) is 11.5 Å². The van der Waals surface area contributed by atoms with E-state index in [9.17, 15) is 9.59 Å². The lowest BCUT2D eigenvalue weighted by atomic mass is 10.1. The first-order chi connectivity index (χ1) is 11.2. The van der Waals surface area contributed by atoms with Crippen molar-refractivity contribution in [3.05, 3.63) is 60.2 Å². The van der Waals surface area contributed by atoms with Crippen molar-refractivity contribution in [1.82, 2.24) is 4.90 Å². The summed E-state index contributed by atoms with van der Waals surface area (Å²) in [4.78, 5) is 24.7. The van der Waals surface area contributed by atoms with E-state index in [0.717, 1.165) is 16.2 Å². The number of likely N-dealkylation sites (N-methyl/N-ethyl adjacent to an activating group) is 1. The molecule has 0 radical (unpaired) electrons. The predicted octanol–water partition coefficient (Wildman–Crippen LogP) is 3.39. The van der Waals surface area contributed by atoms with Gasteiger partial charge in [0.25, 0.3) is 5.91 Å². The number of cyclic esters (lactones) is 1. The van der Waals surface area contributed by atoms with Crippen LogP contribution in [0.15, 0.2) is 54.6 Å². The van der Waals surface area contributed by atoms with Gasteiger partial charge in [-0.1, -0.05) is 30.3 Å². The van der Waals surface area contributed by atoms with Gasteiger partial charge < -0.3 is 9.47 Å². The van der Waals surface area contributed by atoms with E-state index >= 15 is 0 Å². The molecule has 118 valence electrons. The zero-order valence-corrected chi connectivity index (χ0v) is 12.8. The lowest BCUT2D eigenvalue weighted by molar-refractivity contribution is -0.129. The number of hydrogen-bond donors (Lipinski definition) is 0. The molecule has 1 fully saturated rings. The van der Waals surface area contributed by atoms with E-state index in [1.54, 1.807) is 6.92 Å². The zero-order chi connectivity index (χ0) is 16.2. The lowest BCUT2D eigenvalue weighted by Gasteiger charge is -2.09. The van der Waals surface area contributed by atoms with Crippen LogP contribution in [0.5, 0.6) is 11.5 Å². The first-order valence-electron chi connectivity index (χ1n) is 7.51. The van der Waals surface area contributed by atoms with Crippen molar-refractivity contribution in [3.63, 3.8) is 0 Å². The lowest BCUT2D eigenvalue weighted by Crippen LogP contribution is -2.31. The number of ether oxygens (including phenoxy) is 2. The van der Waals surface area contributed by atoms with Gasteiger partial charge in [-0.05, 0) is 36.8 Å². The van der Waals surface area contributed by atoms with Crippen LogP contribution in [-0.2, 0) is 16.0 Å². The van der Waals surface area contributed by atoms with Gasteiger partial charge in [-0.25, -0.2) is 9.69 Å². The number of rotatable bonds is 5. The van der Waals surface area contributed by atoms with Crippen LogP contribution < -0.4 is 4.74 Å². The van der Waals surface area contributed by atoms with Gasteiger partial charge in [0, 0.05) is 13.0 Å². The van der Waals surface area contributed by atoms with Gasteiger partial charge in [0.15, 0.2) is 6.10 Å². The van der Waals surface area contributed by atoms with Crippen molar-refractivity contribution >= 4 is 12.0 Å². The van der Waals surface area contributed by atoms with E-state index in [0.29, 0.717) is 18.7 Å². The largest absolute Gasteiger partial charge is 0.457 e. The normalized spacial score (nSPS) is 17.3. The maximum Gasteiger partial charge on any atom is 0.417 e. The Kier molecular flexibility index (Phi) is 4.28. The Bertz CT molecular complexity index is 697. The summed E-state index contributed by atoms with van der Waals surface area (Å²) in [5.41, 5.74) is 0.912. The standard InChI is InChI=1S/C18H17NO4/c1-2-19-17(20)16(23-18(19)21)12-13-8-10-15(11-9-13)22-14-6-4-3-5-7-14/h3-11,16H,2,12H2,1H3. The molecule has 5 nitrogen and oxygen atoms in total. The monoisotopic (exact) mass is 311 g/mol. The van der Waals surface area contributed by atoms with Gasteiger partial charge in [-0.3, -0.25) is 4.79 Å². The number of hydrogen-bond acceptors (Lipinski definition) is 4. The number of carbonyl (C=O) groups is 2. The summed E-state index contributed by atoms with van der Waals surface area (Å²) in [5, 5.41) is 0. The van der Waals surface area contributed by atoms with Gasteiger partial charge in [-0.2, -0.15) is 0 Å². The van der Waals surface area contributed by atoms with Gasteiger partial charge in [0.1, 0.15) is 11.5 Å². The first kappa shape index (κ1) is 15.1. The van der Waals surface area contributed by atoms with E-state index in [1.165, 1.54) is 0 Å². The van der Waals surface area contributed by atoms with Crippen molar-refractivity contribution in [1.29, 1.82) is 0 Å². The van der Waals surface area contributed by atoms with Crippen molar-refractivity contribution < 1.29 is 19.1 Å². The minimum absolute atomic E-state index is 0.276. The van der Waals surface area contributed by atoms with Crippen LogP contribution in [0.3, 0.4) is 0 Å². The molecule has 0 bridgehead atoms. The molecule has 1 aliphatic rings. The van der Waals surface area contributed by atoms with Crippen molar-refractivity contribution in [2.24, 2.45) is 0 Å². The molecule has 0 aliphatic carbocycles. The van der Waals surface area contributed by atoms with Gasteiger partial charge in [0.05, 0.1) is 0 Å². The topological polar surface area (TPSA) is 55.8 Å². The summed E-state index contributed by atoms with van der Waals surface area (Å²) in [6.07, 6.45) is -0.929. The molecule has 23 heavy (non-hydrogen) atoms. The summed E-state index contributed by atoms with van der Waals surface area (Å²) in [5.74, 6) is 1.20. The van der Waals surface area contributed by atoms with Gasteiger partial charge in [-0.15, -0.1) is 0 Å². The molecule has 1 saturated heterocycles. The molecule has 1 heterocycles. The van der Waals surface area contributed by atoms with E-state index in [2.05, 4.69) is 0 Å². The van der Waals surface area contributed by atoms with E-state index < -0.39 is 12.2 Å². The molecular formula is C18H17NO4. The second kappa shape index (κ2) is 6.52. The smallest absolute Gasteiger partial charge is 0.417 e. The fourth-order valence-electron chi connectivity index (χ4n) is 2.45. The van der Waals surface area contributed by atoms with Crippen molar-refractivity contribution in [2.75, 3.05) is 6.54 Å². The Balaban J connectivity index is 1.64. The second-order valence-electron chi connectivity index (χ2n) is 5.22. The highest BCUT2D eigenvalue weighted by Gasteiger charge is 2.39. The number of nitrogens with zero attached hydrogens (tertiary/aromatic N) is 1. The second-order valence-corrected chi connectivity index (χ2v) is 5.22. The molecule has 3 rings (SSSR count). The Morgan fingerprint density at radius 3 is 2.26 bits per heavy atom. The highest BCUT2D eigenvalue weighted by Crippen LogP contribution is 2.23. The van der Waals surface area contributed by atoms with Crippen LogP contribution >= 0.6 is 0 Å².